The molecule has 41 heavy (non-hydrogen) atoms. The lowest BCUT2D eigenvalue weighted by Crippen LogP contribution is -2.34. The Morgan fingerprint density at radius 2 is 1.27 bits per heavy atom. The van der Waals surface area contributed by atoms with Gasteiger partial charge in [0.1, 0.15) is 11.5 Å². The Morgan fingerprint density at radius 1 is 0.707 bits per heavy atom. The number of hydrogen-bond acceptors (Lipinski definition) is 6. The van der Waals surface area contributed by atoms with Gasteiger partial charge in [-0.15, -0.1) is 0 Å². The van der Waals surface area contributed by atoms with Crippen LogP contribution < -0.4 is 14.5 Å². The van der Waals surface area contributed by atoms with Crippen LogP contribution in [0.3, 0.4) is 0 Å². The van der Waals surface area contributed by atoms with Gasteiger partial charge in [-0.25, -0.2) is 9.59 Å². The summed E-state index contributed by atoms with van der Waals surface area (Å²) in [5, 5.41) is 30.8. The van der Waals surface area contributed by atoms with Crippen LogP contribution in [0.2, 0.25) is 0 Å². The number of phenolic OH excluding ortho intramolecular Hbond substituents is 1. The third kappa shape index (κ3) is 5.96. The van der Waals surface area contributed by atoms with Gasteiger partial charge in [-0.1, -0.05) is 42.5 Å². The molecule has 3 N–H and O–H groups in total. The van der Waals surface area contributed by atoms with E-state index in [1.54, 1.807) is 36.1 Å². The summed E-state index contributed by atoms with van der Waals surface area (Å²) >= 11 is 0. The molecule has 10 heteroatoms. The number of aromatic carboxylic acids is 2. The molecule has 0 atom stereocenters. The second-order valence-corrected chi connectivity index (χ2v) is 9.01. The van der Waals surface area contributed by atoms with E-state index in [1.165, 1.54) is 18.2 Å². The highest BCUT2D eigenvalue weighted by molar-refractivity contribution is 6.13. The summed E-state index contributed by atoms with van der Waals surface area (Å²) in [6.45, 7) is 3.57. The van der Waals surface area contributed by atoms with Crippen molar-refractivity contribution < 1.29 is 39.2 Å². The molecule has 0 unspecified atom stereocenters. The molecule has 0 aliphatic heterocycles. The number of carboxylic acid groups (broad SMARTS) is 2. The Kier molecular flexibility index (Phi) is 8.52. The molecule has 0 aromatic heterocycles. The van der Waals surface area contributed by atoms with Gasteiger partial charge in [0.2, 0.25) is 0 Å². The van der Waals surface area contributed by atoms with Crippen LogP contribution >= 0.6 is 0 Å². The fourth-order valence-electron chi connectivity index (χ4n) is 4.54. The molecule has 4 aromatic rings. The lowest BCUT2D eigenvalue weighted by Gasteiger charge is -2.24. The van der Waals surface area contributed by atoms with Crippen LogP contribution in [0.5, 0.6) is 11.5 Å². The predicted molar refractivity (Wildman–Crippen MR) is 153 cm³/mol. The summed E-state index contributed by atoms with van der Waals surface area (Å²) < 4.78 is 5.92. The molecule has 0 heterocycles. The number of aromatic hydroxyl groups is 1. The van der Waals surface area contributed by atoms with Crippen LogP contribution in [0.15, 0.2) is 78.9 Å². The monoisotopic (exact) mass is 556 g/mol. The average Bonchev–Trinajstić information content (AvgIpc) is 2.98. The first-order chi connectivity index (χ1) is 19.7. The predicted octanol–water partition coefficient (Wildman–Crippen LogP) is 5.04. The summed E-state index contributed by atoms with van der Waals surface area (Å²) in [4.78, 5) is 52.8. The third-order valence-electron chi connectivity index (χ3n) is 6.53. The molecule has 0 saturated carbocycles. The van der Waals surface area contributed by atoms with Gasteiger partial charge in [0.15, 0.2) is 6.61 Å². The van der Waals surface area contributed by atoms with Gasteiger partial charge in [-0.2, -0.15) is 0 Å². The van der Waals surface area contributed by atoms with Crippen LogP contribution in [0.1, 0.15) is 44.9 Å². The van der Waals surface area contributed by atoms with Crippen LogP contribution in [-0.2, 0) is 4.79 Å². The number of amides is 2. The molecular weight excluding hydrogens is 528 g/mol. The molecule has 4 aromatic carbocycles. The maximum Gasteiger partial charge on any atom is 0.335 e. The molecule has 0 spiro atoms. The van der Waals surface area contributed by atoms with Crippen LogP contribution in [0, 0.1) is 0 Å². The number of fused-ring (bicyclic) bond motifs is 1. The average molecular weight is 557 g/mol. The number of phenols is 1. The van der Waals surface area contributed by atoms with E-state index in [-0.39, 0.29) is 52.9 Å². The number of nitrogens with zero attached hydrogens (tertiary/aromatic N) is 2. The summed E-state index contributed by atoms with van der Waals surface area (Å²) in [5.41, 5.74) is -0.0500. The van der Waals surface area contributed by atoms with E-state index in [9.17, 15) is 34.5 Å². The molecule has 0 aliphatic carbocycles. The Hall–Kier alpha value is -5.38. The normalized spacial score (nSPS) is 10.7. The number of likely N-dealkylation sites (N-methyl/N-ethyl adjacent to an activating group) is 1. The van der Waals surface area contributed by atoms with E-state index >= 15 is 0 Å². The Morgan fingerprint density at radius 3 is 1.83 bits per heavy atom. The number of anilines is 2. The smallest absolute Gasteiger partial charge is 0.335 e. The van der Waals surface area contributed by atoms with E-state index in [4.69, 9.17) is 4.74 Å². The van der Waals surface area contributed by atoms with Crippen LogP contribution in [-0.4, -0.2) is 58.8 Å². The molecule has 0 aliphatic rings. The van der Waals surface area contributed by atoms with Crippen LogP contribution in [0.4, 0.5) is 11.4 Å². The van der Waals surface area contributed by atoms with E-state index < -0.39 is 17.8 Å². The second-order valence-electron chi connectivity index (χ2n) is 9.01. The number of carbonyl (C=O) groups excluding carboxylic acids is 2. The van der Waals surface area contributed by atoms with Crippen molar-refractivity contribution in [3.63, 3.8) is 0 Å². The fourth-order valence-corrected chi connectivity index (χ4v) is 4.54. The fraction of sp³-hybridized carbons (Fsp3) is 0.161. The maximum absolute atomic E-state index is 13.8. The van der Waals surface area contributed by atoms with Crippen molar-refractivity contribution in [1.82, 2.24) is 0 Å². The first-order valence-corrected chi connectivity index (χ1v) is 12.8. The van der Waals surface area contributed by atoms with Gasteiger partial charge in [0.05, 0.1) is 16.7 Å². The van der Waals surface area contributed by atoms with Crippen molar-refractivity contribution in [3.8, 4) is 11.5 Å². The Balaban J connectivity index is 1.73. The Bertz CT molecular complexity index is 1600. The van der Waals surface area contributed by atoms with E-state index in [1.807, 2.05) is 37.3 Å². The second kappa shape index (κ2) is 12.2. The summed E-state index contributed by atoms with van der Waals surface area (Å²) in [6.07, 6.45) is 0. The lowest BCUT2D eigenvalue weighted by molar-refractivity contribution is -0.120. The number of benzene rings is 4. The van der Waals surface area contributed by atoms with Crippen molar-refractivity contribution in [2.24, 2.45) is 0 Å². The Labute approximate surface area is 235 Å². The minimum absolute atomic E-state index is 0.0291. The van der Waals surface area contributed by atoms with Gasteiger partial charge >= 0.3 is 11.9 Å². The zero-order valence-electron chi connectivity index (χ0n) is 22.4. The molecule has 2 amide bonds. The highest BCUT2D eigenvalue weighted by Gasteiger charge is 2.25. The van der Waals surface area contributed by atoms with E-state index in [0.29, 0.717) is 23.0 Å². The van der Waals surface area contributed by atoms with Crippen LogP contribution in [0.25, 0.3) is 10.8 Å². The standard InChI is InChI=1S/C31H28N2O8/c1-3-32(21-10-6-5-7-11-21)27(34)18-41-26-17-25(28(35)24-13-9-8-12-23(24)26)29(36)33(4-2)22-15-19(30(37)38)14-20(16-22)31(39)40/h5-17,35H,3-4,18H2,1-2H3,(H,37,38)(H,39,40). The third-order valence-corrected chi connectivity index (χ3v) is 6.53. The minimum atomic E-state index is -1.36. The zero-order chi connectivity index (χ0) is 29.7. The molecule has 10 nitrogen and oxygen atoms in total. The topological polar surface area (TPSA) is 145 Å². The molecular formula is C31H28N2O8. The van der Waals surface area contributed by atoms with Crippen molar-refractivity contribution in [3.05, 3.63) is 95.6 Å². The van der Waals surface area contributed by atoms with Gasteiger partial charge < -0.3 is 29.9 Å². The highest BCUT2D eigenvalue weighted by Crippen LogP contribution is 2.37. The van der Waals surface area contributed by atoms with E-state index in [2.05, 4.69) is 0 Å². The number of carboxylic acids is 2. The van der Waals surface area contributed by atoms with Gasteiger partial charge in [-0.05, 0) is 50.2 Å². The summed E-state index contributed by atoms with van der Waals surface area (Å²) in [6, 6.07) is 20.5. The summed E-state index contributed by atoms with van der Waals surface area (Å²) in [7, 11) is 0. The quantitative estimate of drug-likeness (QED) is 0.246. The molecule has 210 valence electrons. The van der Waals surface area contributed by atoms with E-state index in [0.717, 1.165) is 11.0 Å². The number of para-hydroxylation sites is 1. The molecule has 4 rings (SSSR count). The molecule has 0 fully saturated rings. The summed E-state index contributed by atoms with van der Waals surface area (Å²) in [5.74, 6) is -3.90. The van der Waals surface area contributed by atoms with Crippen molar-refractivity contribution >= 4 is 45.9 Å². The first-order valence-electron chi connectivity index (χ1n) is 12.8. The highest BCUT2D eigenvalue weighted by atomic mass is 16.5. The zero-order valence-corrected chi connectivity index (χ0v) is 22.4. The molecule has 0 saturated heterocycles. The van der Waals surface area contributed by atoms with Crippen molar-refractivity contribution in [2.45, 2.75) is 13.8 Å². The molecule has 0 bridgehead atoms. The lowest BCUT2D eigenvalue weighted by atomic mass is 10.0. The molecule has 0 radical (unpaired) electrons. The number of rotatable bonds is 10. The van der Waals surface area contributed by atoms with Gasteiger partial charge in [0, 0.05) is 35.2 Å². The largest absolute Gasteiger partial charge is 0.506 e. The van der Waals surface area contributed by atoms with Crippen molar-refractivity contribution in [1.29, 1.82) is 0 Å². The first kappa shape index (κ1) is 28.6. The van der Waals surface area contributed by atoms with Gasteiger partial charge in [-0.3, -0.25) is 9.59 Å². The number of carbonyl (C=O) groups is 4. The number of hydrogen-bond donors (Lipinski definition) is 3. The number of ether oxygens (including phenoxy) is 1. The SMILES string of the molecule is CCN(C(=O)COc1cc(C(=O)N(CC)c2cc(C(=O)O)cc(C(=O)O)c2)c(O)c2ccccc12)c1ccccc1. The minimum Gasteiger partial charge on any atom is -0.506 e. The maximum atomic E-state index is 13.8. The van der Waals surface area contributed by atoms with Crippen molar-refractivity contribution in [2.75, 3.05) is 29.5 Å². The van der Waals surface area contributed by atoms with Gasteiger partial charge in [0.25, 0.3) is 11.8 Å².